The van der Waals surface area contributed by atoms with Crippen LogP contribution in [0.3, 0.4) is 0 Å². The number of aryl methyl sites for hydroxylation is 1. The lowest BCUT2D eigenvalue weighted by Crippen LogP contribution is -2.34. The highest BCUT2D eigenvalue weighted by atomic mass is 32.1. The van der Waals surface area contributed by atoms with Crippen LogP contribution in [0.2, 0.25) is 0 Å². The molecule has 5 heteroatoms. The summed E-state index contributed by atoms with van der Waals surface area (Å²) in [4.78, 5) is 14.3. The average Bonchev–Trinajstić information content (AvgIpc) is 3.00. The molecule has 0 spiro atoms. The SMILES string of the molecule is Cc1ccc(OCC(=O)N(C)CC(O)c2cccs2)cc1. The first-order valence-electron chi connectivity index (χ1n) is 6.71. The standard InChI is InChI=1S/C16H19NO3S/c1-12-5-7-13(8-6-12)20-11-16(19)17(2)10-14(18)15-4-3-9-21-15/h3-9,14,18H,10-11H2,1-2H3. The van der Waals surface area contributed by atoms with Crippen molar-refractivity contribution in [3.63, 3.8) is 0 Å². The van der Waals surface area contributed by atoms with E-state index in [2.05, 4.69) is 0 Å². The van der Waals surface area contributed by atoms with Gasteiger partial charge in [0.25, 0.3) is 5.91 Å². The van der Waals surface area contributed by atoms with E-state index >= 15 is 0 Å². The van der Waals surface area contributed by atoms with Crippen molar-refractivity contribution in [2.75, 3.05) is 20.2 Å². The molecule has 0 saturated heterocycles. The minimum Gasteiger partial charge on any atom is -0.484 e. The molecule has 1 aromatic carbocycles. The lowest BCUT2D eigenvalue weighted by molar-refractivity contribution is -0.133. The molecule has 0 fully saturated rings. The quantitative estimate of drug-likeness (QED) is 0.892. The summed E-state index contributed by atoms with van der Waals surface area (Å²) in [7, 11) is 1.66. The van der Waals surface area contributed by atoms with E-state index < -0.39 is 6.10 Å². The Labute approximate surface area is 128 Å². The Kier molecular flexibility index (Phi) is 5.36. The fourth-order valence-corrected chi connectivity index (χ4v) is 2.52. The minimum absolute atomic E-state index is 0.0310. The fourth-order valence-electron chi connectivity index (χ4n) is 1.82. The molecule has 1 heterocycles. The van der Waals surface area contributed by atoms with E-state index in [9.17, 15) is 9.90 Å². The van der Waals surface area contributed by atoms with E-state index in [1.807, 2.05) is 48.7 Å². The third kappa shape index (κ3) is 4.58. The second-order valence-corrected chi connectivity index (χ2v) is 5.89. The van der Waals surface area contributed by atoms with Crippen LogP contribution in [-0.4, -0.2) is 36.1 Å². The predicted molar refractivity (Wildman–Crippen MR) is 83.6 cm³/mol. The number of rotatable bonds is 6. The predicted octanol–water partition coefficient (Wildman–Crippen LogP) is 2.63. The summed E-state index contributed by atoms with van der Waals surface area (Å²) in [5, 5.41) is 11.9. The van der Waals surface area contributed by atoms with Crippen LogP contribution in [0.5, 0.6) is 5.75 Å². The first kappa shape index (κ1) is 15.5. The third-order valence-electron chi connectivity index (χ3n) is 3.13. The van der Waals surface area contributed by atoms with Crippen molar-refractivity contribution in [1.82, 2.24) is 4.90 Å². The van der Waals surface area contributed by atoms with Crippen LogP contribution in [-0.2, 0) is 4.79 Å². The number of likely N-dealkylation sites (N-methyl/N-ethyl adjacent to an activating group) is 1. The van der Waals surface area contributed by atoms with Gasteiger partial charge in [0.2, 0.25) is 0 Å². The molecule has 4 nitrogen and oxygen atoms in total. The van der Waals surface area contributed by atoms with E-state index in [1.165, 1.54) is 16.2 Å². The first-order chi connectivity index (χ1) is 10.1. The highest BCUT2D eigenvalue weighted by Crippen LogP contribution is 2.19. The molecule has 2 rings (SSSR count). The van der Waals surface area contributed by atoms with Gasteiger partial charge in [0, 0.05) is 11.9 Å². The molecule has 0 radical (unpaired) electrons. The largest absolute Gasteiger partial charge is 0.484 e. The Morgan fingerprint density at radius 2 is 2.05 bits per heavy atom. The molecule has 1 atom stereocenters. The molecule has 1 aromatic heterocycles. The van der Waals surface area contributed by atoms with Gasteiger partial charge in [-0.15, -0.1) is 11.3 Å². The number of hydrogen-bond donors (Lipinski definition) is 1. The first-order valence-corrected chi connectivity index (χ1v) is 7.59. The van der Waals surface area contributed by atoms with Crippen molar-refractivity contribution in [2.45, 2.75) is 13.0 Å². The Hall–Kier alpha value is -1.85. The summed E-state index contributed by atoms with van der Waals surface area (Å²) in [5.74, 6) is 0.507. The fraction of sp³-hybridized carbons (Fsp3) is 0.312. The van der Waals surface area contributed by atoms with Gasteiger partial charge in [-0.25, -0.2) is 0 Å². The molecule has 1 unspecified atom stereocenters. The second-order valence-electron chi connectivity index (χ2n) is 4.91. The Morgan fingerprint density at radius 3 is 2.67 bits per heavy atom. The van der Waals surface area contributed by atoms with E-state index in [0.717, 1.165) is 10.4 Å². The molecule has 2 aromatic rings. The number of carbonyl (C=O) groups excluding carboxylic acids is 1. The molecule has 0 saturated carbocycles. The molecular formula is C16H19NO3S. The number of aliphatic hydroxyl groups excluding tert-OH is 1. The molecule has 0 aliphatic rings. The van der Waals surface area contributed by atoms with Crippen molar-refractivity contribution < 1.29 is 14.6 Å². The Balaban J connectivity index is 1.81. The molecule has 1 amide bonds. The van der Waals surface area contributed by atoms with Gasteiger partial charge in [-0.3, -0.25) is 4.79 Å². The number of benzene rings is 1. The highest BCUT2D eigenvalue weighted by molar-refractivity contribution is 7.10. The zero-order valence-corrected chi connectivity index (χ0v) is 13.0. The lowest BCUT2D eigenvalue weighted by Gasteiger charge is -2.20. The number of hydrogen-bond acceptors (Lipinski definition) is 4. The van der Waals surface area contributed by atoms with Crippen molar-refractivity contribution in [3.8, 4) is 5.75 Å². The molecule has 0 aliphatic carbocycles. The number of carbonyl (C=O) groups is 1. The molecule has 1 N–H and O–H groups in total. The Morgan fingerprint density at radius 1 is 1.33 bits per heavy atom. The summed E-state index contributed by atoms with van der Waals surface area (Å²) < 4.78 is 5.45. The Bertz CT molecular complexity index is 566. The summed E-state index contributed by atoms with van der Waals surface area (Å²) in [5.41, 5.74) is 1.14. The van der Waals surface area contributed by atoms with Crippen LogP contribution in [0.15, 0.2) is 41.8 Å². The van der Waals surface area contributed by atoms with Crippen LogP contribution < -0.4 is 4.74 Å². The van der Waals surface area contributed by atoms with E-state index in [4.69, 9.17) is 4.74 Å². The van der Waals surface area contributed by atoms with Crippen molar-refractivity contribution in [2.24, 2.45) is 0 Å². The number of thiophene rings is 1. The second kappa shape index (κ2) is 7.24. The van der Waals surface area contributed by atoms with Gasteiger partial charge in [0.1, 0.15) is 11.9 Å². The maximum atomic E-state index is 12.0. The number of amides is 1. The van der Waals surface area contributed by atoms with Crippen LogP contribution in [0.1, 0.15) is 16.5 Å². The van der Waals surface area contributed by atoms with Gasteiger partial charge < -0.3 is 14.7 Å². The van der Waals surface area contributed by atoms with Gasteiger partial charge in [-0.05, 0) is 30.5 Å². The van der Waals surface area contributed by atoms with Crippen molar-refractivity contribution in [3.05, 3.63) is 52.2 Å². The molecule has 112 valence electrons. The van der Waals surface area contributed by atoms with Gasteiger partial charge in [0.05, 0.1) is 6.54 Å². The van der Waals surface area contributed by atoms with Gasteiger partial charge in [-0.1, -0.05) is 23.8 Å². The smallest absolute Gasteiger partial charge is 0.260 e. The van der Waals surface area contributed by atoms with Gasteiger partial charge >= 0.3 is 0 Å². The zero-order valence-electron chi connectivity index (χ0n) is 12.2. The van der Waals surface area contributed by atoms with Crippen molar-refractivity contribution in [1.29, 1.82) is 0 Å². The molecule has 0 bridgehead atoms. The van der Waals surface area contributed by atoms with E-state index in [1.54, 1.807) is 7.05 Å². The van der Waals surface area contributed by atoms with Crippen molar-refractivity contribution >= 4 is 17.2 Å². The summed E-state index contributed by atoms with van der Waals surface area (Å²) in [6.45, 7) is 2.22. The van der Waals surface area contributed by atoms with Crippen LogP contribution in [0, 0.1) is 6.92 Å². The third-order valence-corrected chi connectivity index (χ3v) is 4.10. The number of aliphatic hydroxyl groups is 1. The van der Waals surface area contributed by atoms with Gasteiger partial charge in [0.15, 0.2) is 6.61 Å². The highest BCUT2D eigenvalue weighted by Gasteiger charge is 2.16. The monoisotopic (exact) mass is 305 g/mol. The maximum Gasteiger partial charge on any atom is 0.260 e. The lowest BCUT2D eigenvalue weighted by atomic mass is 10.2. The zero-order chi connectivity index (χ0) is 15.2. The van der Waals surface area contributed by atoms with Crippen LogP contribution >= 0.6 is 11.3 Å². The number of ether oxygens (including phenoxy) is 1. The van der Waals surface area contributed by atoms with Gasteiger partial charge in [-0.2, -0.15) is 0 Å². The van der Waals surface area contributed by atoms with E-state index in [-0.39, 0.29) is 19.1 Å². The minimum atomic E-state index is -0.654. The van der Waals surface area contributed by atoms with E-state index in [0.29, 0.717) is 5.75 Å². The molecule has 21 heavy (non-hydrogen) atoms. The number of nitrogens with zero attached hydrogens (tertiary/aromatic N) is 1. The summed E-state index contributed by atoms with van der Waals surface area (Å²) >= 11 is 1.48. The average molecular weight is 305 g/mol. The normalized spacial score (nSPS) is 12.0. The van der Waals surface area contributed by atoms with Crippen LogP contribution in [0.4, 0.5) is 0 Å². The molecule has 0 aliphatic heterocycles. The van der Waals surface area contributed by atoms with Crippen LogP contribution in [0.25, 0.3) is 0 Å². The topological polar surface area (TPSA) is 49.8 Å². The summed E-state index contributed by atoms with van der Waals surface area (Å²) in [6, 6.07) is 11.3. The summed E-state index contributed by atoms with van der Waals surface area (Å²) in [6.07, 6.45) is -0.654. The maximum absolute atomic E-state index is 12.0. The molecular weight excluding hydrogens is 286 g/mol.